The number of pyridine rings is 3. The second-order valence-corrected chi connectivity index (χ2v) is 44.5. The first-order valence-electron chi connectivity index (χ1n) is 28.3. The van der Waals surface area contributed by atoms with Crippen LogP contribution < -0.4 is 47.4 Å². The molecule has 8 N–H and O–H groups in total. The molecule has 1 aliphatic heterocycles. The summed E-state index contributed by atoms with van der Waals surface area (Å²) in [5, 5.41) is 16.1. The van der Waals surface area contributed by atoms with Crippen molar-refractivity contribution < 1.29 is 51.4 Å². The topological polar surface area (TPSA) is 259 Å². The minimum absolute atomic E-state index is 0. The summed E-state index contributed by atoms with van der Waals surface area (Å²) in [4.78, 5) is 97.7. The van der Waals surface area contributed by atoms with Crippen LogP contribution in [0.2, 0.25) is 0 Å². The molecule has 3 aromatic heterocycles. The van der Waals surface area contributed by atoms with Crippen LogP contribution in [0.15, 0.2) is 91.4 Å². The van der Waals surface area contributed by atoms with E-state index in [4.69, 9.17) is 37.7 Å². The number of hydrogen-bond donors (Lipinski definition) is 7. The van der Waals surface area contributed by atoms with E-state index in [-0.39, 0.29) is 60.2 Å². The first-order valence-corrected chi connectivity index (χ1v) is 41.5. The van der Waals surface area contributed by atoms with Crippen LogP contribution in [-0.2, 0) is 23.8 Å². The number of rotatable bonds is 11. The molecule has 0 unspecified atom stereocenters. The van der Waals surface area contributed by atoms with Gasteiger partial charge in [-0.3, -0.25) is 33.7 Å². The van der Waals surface area contributed by atoms with Crippen LogP contribution in [-0.4, -0.2) is 93.2 Å². The predicted molar refractivity (Wildman–Crippen MR) is 414 cm³/mol. The number of nitrogens with one attached hydrogen (secondary N) is 6. The van der Waals surface area contributed by atoms with Gasteiger partial charge >= 0.3 is 49.4 Å². The number of aryl methyl sites for hydroxylation is 4. The third-order valence-electron chi connectivity index (χ3n) is 15.3. The van der Waals surface area contributed by atoms with Crippen LogP contribution in [0, 0.1) is 72.3 Å². The Kier molecular flexibility index (Phi) is 34.3. The fourth-order valence-electron chi connectivity index (χ4n) is 9.83. The van der Waals surface area contributed by atoms with E-state index in [0.29, 0.717) is 86.3 Å². The quantitative estimate of drug-likeness (QED) is 0.0276. The van der Waals surface area contributed by atoms with E-state index >= 15 is 0 Å². The molecular formula is C65H70F3I5N15O6SV-. The van der Waals surface area contributed by atoms with Gasteiger partial charge in [-0.2, -0.15) is 0 Å². The molecule has 4 aliphatic rings. The van der Waals surface area contributed by atoms with Gasteiger partial charge in [0.1, 0.15) is 47.1 Å². The maximum atomic E-state index is 14.6. The second kappa shape index (κ2) is 39.0. The number of halogens is 8. The number of carbonyl (C=O) groups excluding carboxylic acids is 6. The summed E-state index contributed by atoms with van der Waals surface area (Å²) in [5.74, 6) is -2.94. The monoisotopic (exact) mass is 1930 g/mol. The van der Waals surface area contributed by atoms with Crippen LogP contribution in [0.3, 0.4) is 0 Å². The Morgan fingerprint density at radius 2 is 1.01 bits per heavy atom. The Labute approximate surface area is 633 Å². The number of carbonyl (C=O) groups is 6. The van der Waals surface area contributed by atoms with Crippen molar-refractivity contribution in [1.82, 2.24) is 30.9 Å². The van der Waals surface area contributed by atoms with E-state index in [1.54, 1.807) is 69.0 Å². The van der Waals surface area contributed by atoms with Gasteiger partial charge in [0.25, 0.3) is 41.1 Å². The van der Waals surface area contributed by atoms with Gasteiger partial charge in [-0.05, 0) is 187 Å². The van der Waals surface area contributed by atoms with Gasteiger partial charge in [0.15, 0.2) is 5.11 Å². The van der Waals surface area contributed by atoms with Gasteiger partial charge in [-0.15, -0.1) is 15.0 Å². The van der Waals surface area contributed by atoms with Crippen LogP contribution in [0.4, 0.5) is 59.1 Å². The van der Waals surface area contributed by atoms with Crippen molar-refractivity contribution in [2.75, 3.05) is 46.9 Å². The van der Waals surface area contributed by atoms with Crippen molar-refractivity contribution in [2.24, 2.45) is 5.73 Å². The number of alkyl halides is 3. The van der Waals surface area contributed by atoms with Gasteiger partial charge in [-0.25, -0.2) is 13.2 Å². The Morgan fingerprint density at radius 3 is 1.38 bits per heavy atom. The van der Waals surface area contributed by atoms with Crippen LogP contribution in [0.25, 0.3) is 14.5 Å². The zero-order valence-corrected chi connectivity index (χ0v) is 65.6. The number of hydrogen-bond acceptors (Lipinski definition) is 12. The predicted octanol–water partition coefficient (Wildman–Crippen LogP) is 15.6. The Morgan fingerprint density at radius 1 is 0.604 bits per heavy atom. The molecule has 0 atom stereocenters. The molecule has 1 spiro atoms. The molecule has 1 saturated heterocycles. The van der Waals surface area contributed by atoms with Crippen LogP contribution >= 0.6 is 120 Å². The van der Waals surface area contributed by atoms with Crippen molar-refractivity contribution >= 4 is 206 Å². The third kappa shape index (κ3) is 21.3. The summed E-state index contributed by atoms with van der Waals surface area (Å²) in [5.41, 5.74) is 8.71. The van der Waals surface area contributed by atoms with Gasteiger partial charge in [0, 0.05) is 32.5 Å². The van der Waals surface area contributed by atoms with E-state index in [1.807, 2.05) is 0 Å². The second-order valence-electron chi connectivity index (χ2n) is 21.4. The SMILES string of the molecule is C.CNC(=O)c1ccc(C)cc1F.IC(I)I.[C-]#[N+]c1ncc(N2C(=O)C3(CCC3)N(c3ccc(C(=O)NC)c(F)c3)C2=S)cc1C.[C-]#[N+]c1ncc(NC(=O)C2(N)CCC2)cc1C.[C-]#[N+]c1ncc(NC(=O)C2(Nc3ccc(C(=O)NC)c(F)c3)CCC2)cc1C.[CH3-].[I][V][I]. The number of aromatic nitrogens is 3. The molecule has 3 aromatic carbocycles. The van der Waals surface area contributed by atoms with Gasteiger partial charge in [0.2, 0.25) is 11.8 Å². The maximum absolute atomic E-state index is 14.6. The molecule has 4 fully saturated rings. The molecule has 6 amide bonds. The summed E-state index contributed by atoms with van der Waals surface area (Å²) in [6.07, 6.45) is 10.9. The van der Waals surface area contributed by atoms with Crippen molar-refractivity contribution in [3.63, 3.8) is 0 Å². The number of thiocarbonyl (C=S) groups is 1. The number of nitrogens with two attached hydrogens (primary N) is 1. The van der Waals surface area contributed by atoms with E-state index < -0.39 is 51.8 Å². The standard InChI is InChI=1S/C21H18FN5O2S.C20H20FN5O2.C12H14N4O.C9H10FNO.CHI3.CH4.CH3.2HI.V/c1-12-9-14(11-25-17(12)23-2)26-19(29)21(7-4-8-21)27(20(26)30)13-5-6-15(16(22)10-13)18(28)24-3;1-12-9-14(11-24-17(12)22-2)25-19(28)20(7-4-8-20)26-13-5-6-15(16(21)10-13)18(27)23-3;1-8-6-9(7-15-10(8)14-2)16-11(17)12(13)4-3-5-12;1-6-3-4-7(8(10)5-6)9(12)11-2;2-1(3)4;;;;;/h5-6,9-11H,4,7-8H2,1,3H3,(H,24,28);5-6,9-11,26H,4,7-8H2,1,3H3,(H,23,27)(H,25,28);6-7H,3-5,13H2,1H3,(H,16,17);3-5H,1-2H3,(H,11,12);1H;1H4;1H3;2*1H;/q;;;;;;-1;;;+2/p-2. The summed E-state index contributed by atoms with van der Waals surface area (Å²) in [6, 6.07) is 18.1. The molecule has 96 heavy (non-hydrogen) atoms. The molecule has 6 aromatic rings. The zero-order valence-electron chi connectivity index (χ0n) is 52.6. The first-order chi connectivity index (χ1) is 44.6. The number of benzene rings is 3. The first kappa shape index (κ1) is 84.3. The molecule has 0 radical (unpaired) electrons. The van der Waals surface area contributed by atoms with Crippen LogP contribution in [0.1, 0.15) is 119 Å². The Balaban J connectivity index is 0.000000335. The van der Waals surface area contributed by atoms with E-state index in [9.17, 15) is 41.9 Å². The Hall–Kier alpha value is -5.93. The van der Waals surface area contributed by atoms with Gasteiger partial charge in [0.05, 0.1) is 39.3 Å². The van der Waals surface area contributed by atoms with E-state index in [2.05, 4.69) is 169 Å². The van der Waals surface area contributed by atoms with E-state index in [0.717, 1.165) is 43.2 Å². The average molecular weight is 1930 g/mol. The molecule has 4 heterocycles. The summed E-state index contributed by atoms with van der Waals surface area (Å²) < 4.78 is 42.6. The normalized spacial score (nSPS) is 14.2. The molecule has 509 valence electrons. The van der Waals surface area contributed by atoms with Crippen molar-refractivity contribution in [3.05, 3.63) is 189 Å². The van der Waals surface area contributed by atoms with Crippen molar-refractivity contribution in [1.29, 1.82) is 0 Å². The molecular weight excluding hydrogens is 1860 g/mol. The summed E-state index contributed by atoms with van der Waals surface area (Å²) >= 11 is 17.3. The third-order valence-corrected chi connectivity index (χ3v) is 15.6. The summed E-state index contributed by atoms with van der Waals surface area (Å²) in [6.45, 7) is 28.2. The number of amides is 6. The average Bonchev–Trinajstić information content (AvgIpc) is 1.55. The van der Waals surface area contributed by atoms with Crippen molar-refractivity contribution in [3.8, 4) is 0 Å². The van der Waals surface area contributed by atoms with Crippen molar-refractivity contribution in [2.45, 2.75) is 109 Å². The number of anilines is 5. The van der Waals surface area contributed by atoms with E-state index in [1.165, 1.54) is 81.0 Å². The molecule has 3 saturated carbocycles. The molecule has 10 rings (SSSR count). The molecule has 21 nitrogen and oxygen atoms in total. The fourth-order valence-corrected chi connectivity index (χ4v) is 10.3. The molecule has 0 bridgehead atoms. The zero-order chi connectivity index (χ0) is 69.8. The summed E-state index contributed by atoms with van der Waals surface area (Å²) in [7, 11) is 4.97. The minimum atomic E-state index is -0.871. The molecule has 31 heteroatoms. The van der Waals surface area contributed by atoms with Gasteiger partial charge < -0.3 is 64.5 Å². The van der Waals surface area contributed by atoms with Crippen LogP contribution in [0.5, 0.6) is 0 Å². The fraction of sp³-hybridized carbons (Fsp3) is 0.323. The molecule has 3 aliphatic carbocycles. The number of nitrogens with zero attached hydrogens (tertiary/aromatic N) is 8. The Bertz CT molecular complexity index is 3970. The van der Waals surface area contributed by atoms with Gasteiger partial charge in [-0.1, -0.05) is 101 Å².